The molecule has 1 heterocycles. The number of anilines is 1. The lowest BCUT2D eigenvalue weighted by molar-refractivity contribution is 0.415. The van der Waals surface area contributed by atoms with Crippen molar-refractivity contribution in [3.63, 3.8) is 0 Å². The Morgan fingerprint density at radius 3 is 2.84 bits per heavy atom. The van der Waals surface area contributed by atoms with Gasteiger partial charge in [-0.25, -0.2) is 0 Å². The summed E-state index contributed by atoms with van der Waals surface area (Å²) in [7, 11) is 1.62. The van der Waals surface area contributed by atoms with Gasteiger partial charge in [-0.15, -0.1) is 0 Å². The molecule has 0 amide bonds. The number of amidine groups is 1. The SMILES string of the molecule is COc1ccc(NC2=NC3(CCCC3)CS2)cc1Cl. The maximum Gasteiger partial charge on any atom is 0.161 e. The van der Waals surface area contributed by atoms with E-state index in [1.54, 1.807) is 7.11 Å². The second-order valence-corrected chi connectivity index (χ2v) is 6.48. The molecule has 1 N–H and O–H groups in total. The maximum absolute atomic E-state index is 6.12. The number of hydrogen-bond acceptors (Lipinski definition) is 4. The maximum atomic E-state index is 6.12. The number of nitrogens with one attached hydrogen (secondary N) is 1. The molecule has 1 aliphatic heterocycles. The molecule has 1 spiro atoms. The van der Waals surface area contributed by atoms with E-state index in [2.05, 4.69) is 5.32 Å². The molecule has 1 saturated carbocycles. The summed E-state index contributed by atoms with van der Waals surface area (Å²) >= 11 is 7.94. The predicted octanol–water partition coefficient (Wildman–Crippen LogP) is 4.18. The first kappa shape index (κ1) is 13.1. The lowest BCUT2D eigenvalue weighted by Gasteiger charge is -2.16. The molecule has 3 nitrogen and oxygen atoms in total. The van der Waals surface area contributed by atoms with Gasteiger partial charge in [-0.3, -0.25) is 4.99 Å². The van der Waals surface area contributed by atoms with Crippen LogP contribution < -0.4 is 10.1 Å². The molecule has 0 saturated heterocycles. The van der Waals surface area contributed by atoms with E-state index in [1.165, 1.54) is 25.7 Å². The molecule has 1 aromatic carbocycles. The molecule has 102 valence electrons. The summed E-state index contributed by atoms with van der Waals surface area (Å²) in [4.78, 5) is 4.88. The Labute approximate surface area is 122 Å². The lowest BCUT2D eigenvalue weighted by Crippen LogP contribution is -2.21. The minimum atomic E-state index is 0.212. The molecule has 1 fully saturated rings. The number of nitrogens with zero attached hydrogens (tertiary/aromatic N) is 1. The number of ether oxygens (including phenoxy) is 1. The first-order chi connectivity index (χ1) is 9.21. The summed E-state index contributed by atoms with van der Waals surface area (Å²) in [5, 5.41) is 4.99. The van der Waals surface area contributed by atoms with Crippen LogP contribution in [0.25, 0.3) is 0 Å². The predicted molar refractivity (Wildman–Crippen MR) is 82.7 cm³/mol. The van der Waals surface area contributed by atoms with E-state index in [4.69, 9.17) is 21.3 Å². The van der Waals surface area contributed by atoms with Gasteiger partial charge in [0, 0.05) is 11.4 Å². The van der Waals surface area contributed by atoms with Crippen molar-refractivity contribution in [3.05, 3.63) is 23.2 Å². The van der Waals surface area contributed by atoms with Gasteiger partial charge < -0.3 is 10.1 Å². The molecular formula is C14H17ClN2OS. The zero-order valence-electron chi connectivity index (χ0n) is 10.9. The Morgan fingerprint density at radius 1 is 1.37 bits per heavy atom. The third-order valence-corrected chi connectivity index (χ3v) is 5.20. The zero-order chi connectivity index (χ0) is 13.3. The summed E-state index contributed by atoms with van der Waals surface area (Å²) in [5.74, 6) is 1.81. The summed E-state index contributed by atoms with van der Waals surface area (Å²) in [6, 6.07) is 5.72. The molecule has 0 atom stereocenters. The van der Waals surface area contributed by atoms with Crippen molar-refractivity contribution in [1.29, 1.82) is 0 Å². The van der Waals surface area contributed by atoms with Crippen LogP contribution in [0.3, 0.4) is 0 Å². The second-order valence-electron chi connectivity index (χ2n) is 5.11. The highest BCUT2D eigenvalue weighted by molar-refractivity contribution is 8.14. The van der Waals surface area contributed by atoms with Crippen LogP contribution in [0.15, 0.2) is 23.2 Å². The Kier molecular flexibility index (Phi) is 3.63. The van der Waals surface area contributed by atoms with Crippen LogP contribution in [0, 0.1) is 0 Å². The van der Waals surface area contributed by atoms with Crippen molar-refractivity contribution in [1.82, 2.24) is 0 Å². The van der Waals surface area contributed by atoms with E-state index in [9.17, 15) is 0 Å². The number of benzene rings is 1. The van der Waals surface area contributed by atoms with Gasteiger partial charge >= 0.3 is 0 Å². The molecule has 19 heavy (non-hydrogen) atoms. The topological polar surface area (TPSA) is 33.6 Å². The fourth-order valence-corrected chi connectivity index (χ4v) is 4.17. The number of aliphatic imine (C=N–C) groups is 1. The molecule has 0 aromatic heterocycles. The minimum absolute atomic E-state index is 0.212. The van der Waals surface area contributed by atoms with Gasteiger partial charge in [0.2, 0.25) is 0 Å². The molecule has 2 aliphatic rings. The zero-order valence-corrected chi connectivity index (χ0v) is 12.5. The third-order valence-electron chi connectivity index (χ3n) is 3.75. The highest BCUT2D eigenvalue weighted by atomic mass is 35.5. The number of halogens is 1. The first-order valence-corrected chi connectivity index (χ1v) is 7.90. The van der Waals surface area contributed by atoms with E-state index >= 15 is 0 Å². The van der Waals surface area contributed by atoms with Gasteiger partial charge in [0.25, 0.3) is 0 Å². The van der Waals surface area contributed by atoms with Crippen LogP contribution in [-0.2, 0) is 0 Å². The normalized spacial score (nSPS) is 20.6. The lowest BCUT2D eigenvalue weighted by atomic mass is 10.0. The van der Waals surface area contributed by atoms with Crippen molar-refractivity contribution in [2.45, 2.75) is 31.2 Å². The van der Waals surface area contributed by atoms with Crippen molar-refractivity contribution in [2.24, 2.45) is 4.99 Å². The van der Waals surface area contributed by atoms with Gasteiger partial charge in [-0.2, -0.15) is 0 Å². The molecular weight excluding hydrogens is 280 g/mol. The van der Waals surface area contributed by atoms with Crippen LogP contribution in [0.4, 0.5) is 5.69 Å². The quantitative estimate of drug-likeness (QED) is 0.889. The average molecular weight is 297 g/mol. The fourth-order valence-electron chi connectivity index (χ4n) is 2.70. The van der Waals surface area contributed by atoms with Crippen molar-refractivity contribution >= 4 is 34.2 Å². The Morgan fingerprint density at radius 2 is 2.16 bits per heavy atom. The van der Waals surface area contributed by atoms with Crippen LogP contribution in [0.5, 0.6) is 5.75 Å². The molecule has 0 bridgehead atoms. The van der Waals surface area contributed by atoms with Gasteiger partial charge in [0.1, 0.15) is 5.75 Å². The largest absolute Gasteiger partial charge is 0.495 e. The smallest absolute Gasteiger partial charge is 0.161 e. The standard InChI is InChI=1S/C14H17ClN2OS/c1-18-12-5-4-10(8-11(12)15)16-13-17-14(9-19-13)6-2-3-7-14/h4-5,8H,2-3,6-7,9H2,1H3,(H,16,17). The summed E-state index contributed by atoms with van der Waals surface area (Å²) in [6.07, 6.45) is 5.08. The van der Waals surface area contributed by atoms with Gasteiger partial charge in [0.15, 0.2) is 5.17 Å². The van der Waals surface area contributed by atoms with E-state index in [0.717, 1.165) is 16.6 Å². The Bertz CT molecular complexity index is 512. The highest BCUT2D eigenvalue weighted by Gasteiger charge is 2.38. The van der Waals surface area contributed by atoms with Crippen molar-refractivity contribution < 1.29 is 4.74 Å². The number of hydrogen-bond donors (Lipinski definition) is 1. The van der Waals surface area contributed by atoms with Crippen LogP contribution in [0.2, 0.25) is 5.02 Å². The molecule has 0 radical (unpaired) electrons. The summed E-state index contributed by atoms with van der Waals surface area (Å²) < 4.78 is 5.15. The second kappa shape index (κ2) is 5.25. The molecule has 1 aliphatic carbocycles. The Hall–Kier alpha value is -0.870. The molecule has 5 heteroatoms. The monoisotopic (exact) mass is 296 g/mol. The van der Waals surface area contributed by atoms with Gasteiger partial charge in [-0.1, -0.05) is 36.2 Å². The number of thioether (sulfide) groups is 1. The summed E-state index contributed by atoms with van der Waals surface area (Å²) in [5.41, 5.74) is 1.18. The minimum Gasteiger partial charge on any atom is -0.495 e. The summed E-state index contributed by atoms with van der Waals surface area (Å²) in [6.45, 7) is 0. The highest BCUT2D eigenvalue weighted by Crippen LogP contribution is 2.41. The number of rotatable bonds is 2. The van der Waals surface area contributed by atoms with E-state index in [1.807, 2.05) is 30.0 Å². The first-order valence-electron chi connectivity index (χ1n) is 6.54. The molecule has 0 unspecified atom stereocenters. The molecule has 1 aromatic rings. The number of methoxy groups -OCH3 is 1. The van der Waals surface area contributed by atoms with E-state index in [-0.39, 0.29) is 5.54 Å². The van der Waals surface area contributed by atoms with Crippen LogP contribution in [0.1, 0.15) is 25.7 Å². The van der Waals surface area contributed by atoms with Crippen LogP contribution >= 0.6 is 23.4 Å². The molecule has 3 rings (SSSR count). The van der Waals surface area contributed by atoms with Gasteiger partial charge in [-0.05, 0) is 31.0 Å². The Balaban J connectivity index is 1.73. The van der Waals surface area contributed by atoms with Crippen molar-refractivity contribution in [3.8, 4) is 5.75 Å². The van der Waals surface area contributed by atoms with Gasteiger partial charge in [0.05, 0.1) is 17.7 Å². The third kappa shape index (κ3) is 2.70. The van der Waals surface area contributed by atoms with E-state index < -0.39 is 0 Å². The average Bonchev–Trinajstić information content (AvgIpc) is 3.01. The van der Waals surface area contributed by atoms with Crippen molar-refractivity contribution in [2.75, 3.05) is 18.2 Å². The fraction of sp³-hybridized carbons (Fsp3) is 0.500. The van der Waals surface area contributed by atoms with E-state index in [0.29, 0.717) is 10.8 Å². The van der Waals surface area contributed by atoms with Crippen LogP contribution in [-0.4, -0.2) is 23.6 Å².